The van der Waals surface area contributed by atoms with E-state index in [0.717, 1.165) is 30.2 Å². The minimum atomic E-state index is -0.139. The van der Waals surface area contributed by atoms with Gasteiger partial charge in [-0.15, -0.1) is 0 Å². The number of aromatic nitrogens is 2. The summed E-state index contributed by atoms with van der Waals surface area (Å²) < 4.78 is 16.5. The molecule has 1 aromatic carbocycles. The van der Waals surface area contributed by atoms with E-state index < -0.39 is 0 Å². The number of carbonyl (C=O) groups is 1. The number of ether oxygens (including phenoxy) is 1. The molecule has 1 saturated heterocycles. The highest BCUT2D eigenvalue weighted by Crippen LogP contribution is 2.24. The van der Waals surface area contributed by atoms with Gasteiger partial charge in [-0.25, -0.2) is 0 Å². The molecule has 0 radical (unpaired) electrons. The van der Waals surface area contributed by atoms with Crippen molar-refractivity contribution in [3.05, 3.63) is 59.3 Å². The van der Waals surface area contributed by atoms with Crippen molar-refractivity contribution in [2.24, 2.45) is 0 Å². The number of benzene rings is 1. The van der Waals surface area contributed by atoms with Crippen molar-refractivity contribution < 1.29 is 18.5 Å². The van der Waals surface area contributed by atoms with Gasteiger partial charge in [0.05, 0.1) is 19.3 Å². The van der Waals surface area contributed by atoms with Crippen LogP contribution in [0.3, 0.4) is 0 Å². The van der Waals surface area contributed by atoms with E-state index in [2.05, 4.69) is 20.4 Å². The quantitative estimate of drug-likeness (QED) is 0.685. The average Bonchev–Trinajstić information content (AvgIpc) is 3.37. The van der Waals surface area contributed by atoms with Crippen molar-refractivity contribution >= 4 is 5.91 Å². The van der Waals surface area contributed by atoms with E-state index >= 15 is 0 Å². The largest absolute Gasteiger partial charge is 0.465 e. The molecule has 8 nitrogen and oxygen atoms in total. The first-order valence-corrected chi connectivity index (χ1v) is 9.67. The monoisotopic (exact) mass is 396 g/mol. The Morgan fingerprint density at radius 2 is 1.90 bits per heavy atom. The van der Waals surface area contributed by atoms with Crippen LogP contribution >= 0.6 is 0 Å². The summed E-state index contributed by atoms with van der Waals surface area (Å²) >= 11 is 0. The van der Waals surface area contributed by atoms with Gasteiger partial charge in [0.1, 0.15) is 11.5 Å². The molecule has 0 bridgehead atoms. The van der Waals surface area contributed by atoms with Gasteiger partial charge in [0.15, 0.2) is 5.82 Å². The van der Waals surface area contributed by atoms with Crippen molar-refractivity contribution in [2.45, 2.75) is 19.9 Å². The molecule has 1 unspecified atom stereocenters. The van der Waals surface area contributed by atoms with E-state index in [-0.39, 0.29) is 11.9 Å². The number of nitrogens with one attached hydrogen (secondary N) is 1. The summed E-state index contributed by atoms with van der Waals surface area (Å²) in [6.07, 6.45) is 0. The number of furan rings is 1. The van der Waals surface area contributed by atoms with Gasteiger partial charge in [-0.05, 0) is 50.2 Å². The summed E-state index contributed by atoms with van der Waals surface area (Å²) in [5.41, 5.74) is 1.35. The van der Waals surface area contributed by atoms with Crippen molar-refractivity contribution in [3.8, 4) is 11.5 Å². The molecule has 3 heterocycles. The SMILES string of the molecule is Cc1noc(-c2ccc(C(=O)NCC(c3ccc(C)o3)N3CCOCC3)cc2)n1. The van der Waals surface area contributed by atoms with Gasteiger partial charge >= 0.3 is 0 Å². The Kier molecular flexibility index (Phi) is 5.73. The first-order chi connectivity index (χ1) is 14.1. The fourth-order valence-electron chi connectivity index (χ4n) is 3.40. The highest BCUT2D eigenvalue weighted by atomic mass is 16.5. The van der Waals surface area contributed by atoms with E-state index in [1.807, 2.05) is 19.1 Å². The standard InChI is InChI=1S/C21H24N4O4/c1-14-3-8-19(28-14)18(25-9-11-27-12-10-25)13-22-20(26)16-4-6-17(7-5-16)21-23-15(2)24-29-21/h3-8,18H,9-13H2,1-2H3,(H,22,26). The number of carbonyl (C=O) groups excluding carboxylic acids is 1. The first kappa shape index (κ1) is 19.4. The minimum absolute atomic E-state index is 0.0304. The Hall–Kier alpha value is -2.97. The molecule has 0 saturated carbocycles. The molecule has 29 heavy (non-hydrogen) atoms. The lowest BCUT2D eigenvalue weighted by Gasteiger charge is -2.33. The number of hydrogen-bond donors (Lipinski definition) is 1. The van der Waals surface area contributed by atoms with Gasteiger partial charge in [-0.2, -0.15) is 4.98 Å². The van der Waals surface area contributed by atoms with Crippen molar-refractivity contribution in [1.29, 1.82) is 0 Å². The molecule has 1 amide bonds. The maximum Gasteiger partial charge on any atom is 0.257 e. The molecule has 1 aliphatic heterocycles. The summed E-state index contributed by atoms with van der Waals surface area (Å²) in [5, 5.41) is 6.82. The van der Waals surface area contributed by atoms with Crippen LogP contribution in [-0.4, -0.2) is 53.8 Å². The molecule has 8 heteroatoms. The Balaban J connectivity index is 1.43. The van der Waals surface area contributed by atoms with Crippen LogP contribution in [0.25, 0.3) is 11.5 Å². The molecule has 0 aliphatic carbocycles. The summed E-state index contributed by atoms with van der Waals surface area (Å²) in [6, 6.07) is 11.0. The third-order valence-corrected chi connectivity index (χ3v) is 4.95. The number of morpholine rings is 1. The Morgan fingerprint density at radius 3 is 2.52 bits per heavy atom. The predicted octanol–water partition coefficient (Wildman–Crippen LogP) is 2.75. The van der Waals surface area contributed by atoms with Crippen molar-refractivity contribution in [1.82, 2.24) is 20.4 Å². The van der Waals surface area contributed by atoms with Gasteiger partial charge in [0.25, 0.3) is 11.8 Å². The number of nitrogens with zero attached hydrogens (tertiary/aromatic N) is 3. The Bertz CT molecular complexity index is 957. The van der Waals surface area contributed by atoms with Crippen molar-refractivity contribution in [3.63, 3.8) is 0 Å². The first-order valence-electron chi connectivity index (χ1n) is 9.67. The number of rotatable bonds is 6. The molecule has 1 fully saturated rings. The summed E-state index contributed by atoms with van der Waals surface area (Å²) in [6.45, 7) is 7.11. The smallest absolute Gasteiger partial charge is 0.257 e. The topological polar surface area (TPSA) is 93.6 Å². The van der Waals surface area contributed by atoms with Crippen LogP contribution in [0, 0.1) is 13.8 Å². The predicted molar refractivity (Wildman–Crippen MR) is 105 cm³/mol. The molecule has 152 valence electrons. The second kappa shape index (κ2) is 8.59. The fraction of sp³-hybridized carbons (Fsp3) is 0.381. The highest BCUT2D eigenvalue weighted by molar-refractivity contribution is 5.94. The number of hydrogen-bond acceptors (Lipinski definition) is 7. The molecule has 0 spiro atoms. The van der Waals surface area contributed by atoms with E-state index in [4.69, 9.17) is 13.7 Å². The molecule has 1 N–H and O–H groups in total. The zero-order valence-corrected chi connectivity index (χ0v) is 16.6. The van der Waals surface area contributed by atoms with Crippen LogP contribution < -0.4 is 5.32 Å². The summed E-state index contributed by atoms with van der Waals surface area (Å²) in [7, 11) is 0. The summed E-state index contributed by atoms with van der Waals surface area (Å²) in [4.78, 5) is 19.2. The normalized spacial score (nSPS) is 15.9. The maximum atomic E-state index is 12.7. The van der Waals surface area contributed by atoms with E-state index in [1.54, 1.807) is 31.2 Å². The third-order valence-electron chi connectivity index (χ3n) is 4.95. The Labute approximate surface area is 168 Å². The van der Waals surface area contributed by atoms with Crippen LogP contribution in [0.5, 0.6) is 0 Å². The molecule has 2 aromatic heterocycles. The Morgan fingerprint density at radius 1 is 1.14 bits per heavy atom. The lowest BCUT2D eigenvalue weighted by atomic mass is 10.1. The summed E-state index contributed by atoms with van der Waals surface area (Å²) in [5.74, 6) is 2.59. The number of amides is 1. The van der Waals surface area contributed by atoms with Gasteiger partial charge in [0, 0.05) is 30.8 Å². The molecule has 1 aliphatic rings. The van der Waals surface area contributed by atoms with Crippen LogP contribution in [0.1, 0.15) is 33.7 Å². The fourth-order valence-corrected chi connectivity index (χ4v) is 3.40. The highest BCUT2D eigenvalue weighted by Gasteiger charge is 2.25. The molecule has 3 aromatic rings. The van der Waals surface area contributed by atoms with E-state index in [9.17, 15) is 4.79 Å². The van der Waals surface area contributed by atoms with Crippen LogP contribution in [0.4, 0.5) is 0 Å². The lowest BCUT2D eigenvalue weighted by Crippen LogP contribution is -2.43. The second-order valence-corrected chi connectivity index (χ2v) is 7.05. The second-order valence-electron chi connectivity index (χ2n) is 7.05. The van der Waals surface area contributed by atoms with Gasteiger partial charge < -0.3 is 19.0 Å². The minimum Gasteiger partial charge on any atom is -0.465 e. The van der Waals surface area contributed by atoms with E-state index in [0.29, 0.717) is 37.0 Å². The van der Waals surface area contributed by atoms with Crippen LogP contribution in [0.15, 0.2) is 45.3 Å². The molecular formula is C21H24N4O4. The molecular weight excluding hydrogens is 372 g/mol. The maximum absolute atomic E-state index is 12.7. The average molecular weight is 396 g/mol. The van der Waals surface area contributed by atoms with Crippen LogP contribution in [-0.2, 0) is 4.74 Å². The van der Waals surface area contributed by atoms with Gasteiger partial charge in [-0.1, -0.05) is 5.16 Å². The van der Waals surface area contributed by atoms with Gasteiger partial charge in [-0.3, -0.25) is 9.69 Å². The van der Waals surface area contributed by atoms with Gasteiger partial charge in [0.2, 0.25) is 0 Å². The molecule has 4 rings (SSSR count). The lowest BCUT2D eigenvalue weighted by molar-refractivity contribution is 0.0117. The zero-order chi connectivity index (χ0) is 20.2. The molecule has 1 atom stereocenters. The third kappa shape index (κ3) is 4.55. The van der Waals surface area contributed by atoms with Crippen LogP contribution in [0.2, 0.25) is 0 Å². The zero-order valence-electron chi connectivity index (χ0n) is 16.6. The number of aryl methyl sites for hydroxylation is 2. The van der Waals surface area contributed by atoms with Crippen molar-refractivity contribution in [2.75, 3.05) is 32.8 Å². The van der Waals surface area contributed by atoms with E-state index in [1.165, 1.54) is 0 Å².